The molecule has 2 aromatic rings. The number of carbonyl (C=O) groups excluding carboxylic acids is 1. The van der Waals surface area contributed by atoms with Crippen molar-refractivity contribution in [3.05, 3.63) is 59.4 Å². The number of anilines is 1. The van der Waals surface area contributed by atoms with Crippen molar-refractivity contribution in [2.75, 3.05) is 5.32 Å². The molecule has 1 saturated carbocycles. The Bertz CT molecular complexity index is 743. The van der Waals surface area contributed by atoms with Gasteiger partial charge in [-0.25, -0.2) is 0 Å². The molecule has 1 aliphatic carbocycles. The van der Waals surface area contributed by atoms with Crippen LogP contribution in [0.25, 0.3) is 0 Å². The number of aliphatic carboxylic acids is 1. The maximum absolute atomic E-state index is 12.1. The van der Waals surface area contributed by atoms with E-state index in [0.717, 1.165) is 22.5 Å². The molecular weight excluding hydrogens is 292 g/mol. The van der Waals surface area contributed by atoms with Crippen LogP contribution in [0.1, 0.15) is 23.2 Å². The van der Waals surface area contributed by atoms with Crippen LogP contribution in [0.5, 0.6) is 0 Å². The van der Waals surface area contributed by atoms with Gasteiger partial charge in [-0.05, 0) is 42.7 Å². The molecule has 3 rings (SSSR count). The van der Waals surface area contributed by atoms with Gasteiger partial charge in [0, 0.05) is 24.0 Å². The number of pyridine rings is 1. The summed E-state index contributed by atoms with van der Waals surface area (Å²) >= 11 is 0. The quantitative estimate of drug-likeness (QED) is 0.890. The van der Waals surface area contributed by atoms with Crippen LogP contribution in [0.3, 0.4) is 0 Å². The smallest absolute Gasteiger partial charge is 0.307 e. The van der Waals surface area contributed by atoms with Crippen molar-refractivity contribution in [1.29, 1.82) is 0 Å². The number of carboxylic acids is 1. The van der Waals surface area contributed by atoms with Crippen LogP contribution in [-0.4, -0.2) is 22.0 Å². The van der Waals surface area contributed by atoms with Gasteiger partial charge in [-0.2, -0.15) is 0 Å². The van der Waals surface area contributed by atoms with Crippen LogP contribution in [0, 0.1) is 18.8 Å². The average Bonchev–Trinajstić information content (AvgIpc) is 3.32. The lowest BCUT2D eigenvalue weighted by atomic mass is 10.1. The van der Waals surface area contributed by atoms with E-state index < -0.39 is 17.8 Å². The summed E-state index contributed by atoms with van der Waals surface area (Å²) in [6, 6.07) is 11.7. The summed E-state index contributed by atoms with van der Waals surface area (Å²) in [7, 11) is 0. The SMILES string of the molecule is Cc1ccc(Cc2ccccn2)cc1NC(=O)[C@@H]1C[C@H]1C(=O)O. The molecule has 1 aliphatic rings. The second kappa shape index (κ2) is 6.20. The Kier molecular flexibility index (Phi) is 4.10. The van der Waals surface area contributed by atoms with E-state index in [1.807, 2.05) is 43.3 Å². The van der Waals surface area contributed by atoms with Crippen LogP contribution < -0.4 is 5.32 Å². The lowest BCUT2D eigenvalue weighted by Gasteiger charge is -2.10. The molecule has 2 atom stereocenters. The van der Waals surface area contributed by atoms with Gasteiger partial charge in [0.1, 0.15) is 0 Å². The number of amides is 1. The molecule has 0 radical (unpaired) electrons. The van der Waals surface area contributed by atoms with E-state index in [2.05, 4.69) is 10.3 Å². The molecule has 5 nitrogen and oxygen atoms in total. The van der Waals surface area contributed by atoms with Gasteiger partial charge in [0.05, 0.1) is 11.8 Å². The van der Waals surface area contributed by atoms with Crippen LogP contribution in [0.4, 0.5) is 5.69 Å². The number of hydrogen-bond donors (Lipinski definition) is 2. The number of rotatable bonds is 5. The zero-order valence-electron chi connectivity index (χ0n) is 12.8. The molecule has 0 spiro atoms. The van der Waals surface area contributed by atoms with Gasteiger partial charge in [0.15, 0.2) is 0 Å². The third-order valence-electron chi connectivity index (χ3n) is 4.12. The van der Waals surface area contributed by atoms with E-state index in [9.17, 15) is 9.59 Å². The van der Waals surface area contributed by atoms with Gasteiger partial charge in [-0.15, -0.1) is 0 Å². The molecule has 1 aromatic carbocycles. The Morgan fingerprint density at radius 1 is 1.26 bits per heavy atom. The van der Waals surface area contributed by atoms with Crippen LogP contribution in [0.15, 0.2) is 42.6 Å². The largest absolute Gasteiger partial charge is 0.481 e. The van der Waals surface area contributed by atoms with Gasteiger partial charge in [0.25, 0.3) is 0 Å². The zero-order chi connectivity index (χ0) is 16.4. The lowest BCUT2D eigenvalue weighted by molar-refractivity contribution is -0.139. The molecule has 0 unspecified atom stereocenters. The Balaban J connectivity index is 1.71. The van der Waals surface area contributed by atoms with E-state index in [1.165, 1.54) is 0 Å². The molecule has 1 heterocycles. The maximum atomic E-state index is 12.1. The van der Waals surface area contributed by atoms with Gasteiger partial charge in [0.2, 0.25) is 5.91 Å². The first-order valence-electron chi connectivity index (χ1n) is 7.57. The molecule has 23 heavy (non-hydrogen) atoms. The van der Waals surface area contributed by atoms with Gasteiger partial charge in [-0.1, -0.05) is 18.2 Å². The lowest BCUT2D eigenvalue weighted by Crippen LogP contribution is -2.17. The summed E-state index contributed by atoms with van der Waals surface area (Å²) in [5.74, 6) is -2.06. The predicted octanol–water partition coefficient (Wildman–Crippen LogP) is 2.64. The molecule has 0 aliphatic heterocycles. The zero-order valence-corrected chi connectivity index (χ0v) is 12.8. The minimum Gasteiger partial charge on any atom is -0.481 e. The van der Waals surface area contributed by atoms with Crippen molar-refractivity contribution in [2.45, 2.75) is 19.8 Å². The fourth-order valence-corrected chi connectivity index (χ4v) is 2.61. The minimum atomic E-state index is -0.897. The standard InChI is InChI=1S/C18H18N2O3/c1-11-5-6-12(8-13-4-2-3-7-19-13)9-16(11)20-17(21)14-10-15(14)18(22)23/h2-7,9,14-15H,8,10H2,1H3,(H,20,21)(H,22,23)/t14-,15-/m1/s1. The van der Waals surface area contributed by atoms with E-state index in [1.54, 1.807) is 6.20 Å². The number of carboxylic acid groups (broad SMARTS) is 1. The van der Waals surface area contributed by atoms with Gasteiger partial charge >= 0.3 is 5.97 Å². The van der Waals surface area contributed by atoms with Crippen molar-refractivity contribution in [3.8, 4) is 0 Å². The molecule has 1 fully saturated rings. The van der Waals surface area contributed by atoms with Crippen molar-refractivity contribution >= 4 is 17.6 Å². The fraction of sp³-hybridized carbons (Fsp3) is 0.278. The molecular formula is C18H18N2O3. The number of carbonyl (C=O) groups is 2. The van der Waals surface area contributed by atoms with Gasteiger partial charge < -0.3 is 10.4 Å². The highest BCUT2D eigenvalue weighted by atomic mass is 16.4. The summed E-state index contributed by atoms with van der Waals surface area (Å²) in [5.41, 5.74) is 3.70. The number of nitrogens with zero attached hydrogens (tertiary/aromatic N) is 1. The summed E-state index contributed by atoms with van der Waals surface area (Å²) in [4.78, 5) is 27.3. The first-order chi connectivity index (χ1) is 11.0. The highest BCUT2D eigenvalue weighted by Gasteiger charge is 2.48. The van der Waals surface area contributed by atoms with E-state index >= 15 is 0 Å². The Morgan fingerprint density at radius 3 is 2.74 bits per heavy atom. The molecule has 5 heteroatoms. The number of aromatic nitrogens is 1. The topological polar surface area (TPSA) is 79.3 Å². The molecule has 0 saturated heterocycles. The summed E-state index contributed by atoms with van der Waals surface area (Å²) in [6.45, 7) is 1.92. The summed E-state index contributed by atoms with van der Waals surface area (Å²) in [6.07, 6.45) is 2.87. The summed E-state index contributed by atoms with van der Waals surface area (Å²) in [5, 5.41) is 11.8. The van der Waals surface area contributed by atoms with Crippen LogP contribution in [0.2, 0.25) is 0 Å². The monoisotopic (exact) mass is 310 g/mol. The van der Waals surface area contributed by atoms with E-state index in [0.29, 0.717) is 12.8 Å². The second-order valence-electron chi connectivity index (χ2n) is 5.92. The third-order valence-corrected chi connectivity index (χ3v) is 4.12. The third kappa shape index (κ3) is 3.56. The molecule has 1 aromatic heterocycles. The number of aryl methyl sites for hydroxylation is 1. The molecule has 118 valence electrons. The molecule has 1 amide bonds. The highest BCUT2D eigenvalue weighted by Crippen LogP contribution is 2.39. The van der Waals surface area contributed by atoms with Crippen molar-refractivity contribution in [1.82, 2.24) is 4.98 Å². The number of hydrogen-bond acceptors (Lipinski definition) is 3. The summed E-state index contributed by atoms with van der Waals surface area (Å²) < 4.78 is 0. The molecule has 2 N–H and O–H groups in total. The minimum absolute atomic E-state index is 0.213. The predicted molar refractivity (Wildman–Crippen MR) is 86.1 cm³/mol. The number of benzene rings is 1. The maximum Gasteiger partial charge on any atom is 0.307 e. The first kappa shape index (κ1) is 15.2. The van der Waals surface area contributed by atoms with Crippen LogP contribution >= 0.6 is 0 Å². The Labute approximate surface area is 134 Å². The van der Waals surface area contributed by atoms with Crippen molar-refractivity contribution in [2.24, 2.45) is 11.8 Å². The van der Waals surface area contributed by atoms with Crippen molar-refractivity contribution < 1.29 is 14.7 Å². The normalized spacial score (nSPS) is 19.2. The Morgan fingerprint density at radius 2 is 2.09 bits per heavy atom. The van der Waals surface area contributed by atoms with E-state index in [-0.39, 0.29) is 5.91 Å². The highest BCUT2D eigenvalue weighted by molar-refractivity contribution is 5.98. The first-order valence-corrected chi connectivity index (χ1v) is 7.57. The Hall–Kier alpha value is -2.69. The fourth-order valence-electron chi connectivity index (χ4n) is 2.61. The number of nitrogens with one attached hydrogen (secondary N) is 1. The average molecular weight is 310 g/mol. The van der Waals surface area contributed by atoms with E-state index in [4.69, 9.17) is 5.11 Å². The van der Waals surface area contributed by atoms with Gasteiger partial charge in [-0.3, -0.25) is 14.6 Å². The molecule has 0 bridgehead atoms. The van der Waals surface area contributed by atoms with Crippen LogP contribution in [-0.2, 0) is 16.0 Å². The second-order valence-corrected chi connectivity index (χ2v) is 5.92. The van der Waals surface area contributed by atoms with Crippen molar-refractivity contribution in [3.63, 3.8) is 0 Å².